The van der Waals surface area contributed by atoms with Crippen molar-refractivity contribution < 1.29 is 49.3 Å². The van der Waals surface area contributed by atoms with Crippen LogP contribution in [0.4, 0.5) is 0 Å². The average molecular weight is 1250 g/mol. The lowest BCUT2D eigenvalue weighted by Crippen LogP contribution is -2.60. The zero-order chi connectivity index (χ0) is 64.4. The van der Waals surface area contributed by atoms with Gasteiger partial charge in [0, 0.05) is 12.8 Å². The number of allylic oxidation sites excluding steroid dienone is 11. The molecule has 11 heteroatoms. The first-order chi connectivity index (χ1) is 43.7. The van der Waals surface area contributed by atoms with Gasteiger partial charge >= 0.3 is 5.97 Å². The highest BCUT2D eigenvalue weighted by atomic mass is 16.7. The molecule has 1 fully saturated rings. The van der Waals surface area contributed by atoms with E-state index < -0.39 is 49.5 Å². The van der Waals surface area contributed by atoms with Gasteiger partial charge in [0.05, 0.1) is 32.0 Å². The fraction of sp³-hybridized carbons (Fsp3) is 0.821. The molecule has 0 spiro atoms. The van der Waals surface area contributed by atoms with Gasteiger partial charge in [-0.3, -0.25) is 9.59 Å². The van der Waals surface area contributed by atoms with Crippen molar-refractivity contribution in [2.24, 2.45) is 0 Å². The second kappa shape index (κ2) is 66.6. The highest BCUT2D eigenvalue weighted by molar-refractivity contribution is 5.76. The third kappa shape index (κ3) is 55.3. The second-order valence-electron chi connectivity index (χ2n) is 26.0. The summed E-state index contributed by atoms with van der Waals surface area (Å²) in [6.45, 7) is 4.28. The first kappa shape index (κ1) is 84.1. The Morgan fingerprint density at radius 2 is 0.787 bits per heavy atom. The molecular weight excluding hydrogens is 1110 g/mol. The van der Waals surface area contributed by atoms with Crippen LogP contribution >= 0.6 is 0 Å². The lowest BCUT2D eigenvalue weighted by molar-refractivity contribution is -0.302. The number of hydrogen-bond donors (Lipinski definition) is 6. The van der Waals surface area contributed by atoms with Gasteiger partial charge in [-0.25, -0.2) is 0 Å². The van der Waals surface area contributed by atoms with Crippen molar-refractivity contribution in [3.8, 4) is 0 Å². The Kier molecular flexibility index (Phi) is 62.9. The molecule has 0 aliphatic carbocycles. The second-order valence-corrected chi connectivity index (χ2v) is 26.0. The molecule has 1 amide bonds. The molecule has 0 aromatic carbocycles. The fourth-order valence-corrected chi connectivity index (χ4v) is 11.6. The zero-order valence-corrected chi connectivity index (χ0v) is 57.6. The molecular formula is C78H141NO10. The number of aliphatic hydroxyl groups is 5. The maximum absolute atomic E-state index is 13.1. The van der Waals surface area contributed by atoms with Crippen molar-refractivity contribution in [1.82, 2.24) is 5.32 Å². The van der Waals surface area contributed by atoms with Crippen LogP contribution in [0.1, 0.15) is 348 Å². The summed E-state index contributed by atoms with van der Waals surface area (Å²) in [5, 5.41) is 54.6. The van der Waals surface area contributed by atoms with Crippen LogP contribution in [0.2, 0.25) is 0 Å². The molecule has 518 valence electrons. The Balaban J connectivity index is 1.98. The first-order valence-corrected chi connectivity index (χ1v) is 37.7. The van der Waals surface area contributed by atoms with Crippen LogP contribution in [0, 0.1) is 0 Å². The van der Waals surface area contributed by atoms with Gasteiger partial charge in [0.1, 0.15) is 24.4 Å². The van der Waals surface area contributed by atoms with E-state index in [0.717, 1.165) is 70.6 Å². The van der Waals surface area contributed by atoms with Gasteiger partial charge in [-0.15, -0.1) is 0 Å². The van der Waals surface area contributed by atoms with E-state index in [1.165, 1.54) is 250 Å². The molecule has 1 heterocycles. The Labute approximate surface area is 547 Å². The molecule has 0 saturated carbocycles. The van der Waals surface area contributed by atoms with E-state index in [0.29, 0.717) is 19.4 Å². The zero-order valence-electron chi connectivity index (χ0n) is 57.6. The van der Waals surface area contributed by atoms with Crippen LogP contribution in [0.15, 0.2) is 72.9 Å². The molecule has 7 atom stereocenters. The van der Waals surface area contributed by atoms with E-state index in [1.54, 1.807) is 6.08 Å². The average Bonchev–Trinajstić information content (AvgIpc) is 2.71. The summed E-state index contributed by atoms with van der Waals surface area (Å²) in [6, 6.07) is -0.828. The van der Waals surface area contributed by atoms with Gasteiger partial charge in [-0.1, -0.05) is 305 Å². The van der Waals surface area contributed by atoms with Crippen LogP contribution in [0.5, 0.6) is 0 Å². The van der Waals surface area contributed by atoms with Gasteiger partial charge in [0.25, 0.3) is 0 Å². The Hall–Kier alpha value is -2.90. The molecule has 0 bridgehead atoms. The number of rotatable bonds is 66. The number of nitrogens with one attached hydrogen (secondary N) is 1. The third-order valence-electron chi connectivity index (χ3n) is 17.5. The summed E-state index contributed by atoms with van der Waals surface area (Å²) in [4.78, 5) is 25.1. The number of unbranched alkanes of at least 4 members (excludes halogenated alkanes) is 42. The van der Waals surface area contributed by atoms with E-state index in [1.807, 2.05) is 6.08 Å². The van der Waals surface area contributed by atoms with Gasteiger partial charge in [0.2, 0.25) is 5.91 Å². The van der Waals surface area contributed by atoms with Gasteiger partial charge in [-0.05, 0) is 103 Å². The van der Waals surface area contributed by atoms with E-state index in [9.17, 15) is 35.1 Å². The van der Waals surface area contributed by atoms with Crippen molar-refractivity contribution in [1.29, 1.82) is 0 Å². The van der Waals surface area contributed by atoms with Crippen LogP contribution in [-0.4, -0.2) is 100 Å². The summed E-state index contributed by atoms with van der Waals surface area (Å²) in [5.74, 6) is -0.198. The van der Waals surface area contributed by atoms with E-state index in [4.69, 9.17) is 14.2 Å². The molecule has 6 N–H and O–H groups in total. The summed E-state index contributed by atoms with van der Waals surface area (Å²) in [5.41, 5.74) is 0. The minimum atomic E-state index is -1.58. The summed E-state index contributed by atoms with van der Waals surface area (Å²) >= 11 is 0. The molecule has 1 saturated heterocycles. The SMILES string of the molecule is CCC/C=C\C/C=C\CCCCCCCC(=O)OCCCCCCCCCCC/C=C\C/C=C\CCCCCCCCCCCCCCCCCCCC(=O)NC(COC1OC(CO)C(O)C(O)C1O)C(O)/C=C/CC/C=C/CCCCCCCCCCC. The molecule has 1 aliphatic rings. The lowest BCUT2D eigenvalue weighted by Gasteiger charge is -2.40. The Bertz CT molecular complexity index is 1710. The number of esters is 1. The van der Waals surface area contributed by atoms with E-state index in [-0.39, 0.29) is 18.5 Å². The predicted octanol–water partition coefficient (Wildman–Crippen LogP) is 19.9. The maximum atomic E-state index is 13.1. The Morgan fingerprint density at radius 1 is 0.416 bits per heavy atom. The quantitative estimate of drug-likeness (QED) is 0.0195. The molecule has 1 rings (SSSR count). The topological polar surface area (TPSA) is 175 Å². The number of carbonyl (C=O) groups is 2. The van der Waals surface area contributed by atoms with Crippen LogP contribution < -0.4 is 5.32 Å². The predicted molar refractivity (Wildman–Crippen MR) is 375 cm³/mol. The van der Waals surface area contributed by atoms with Crippen molar-refractivity contribution in [2.75, 3.05) is 19.8 Å². The third-order valence-corrected chi connectivity index (χ3v) is 17.5. The molecule has 0 aromatic heterocycles. The van der Waals surface area contributed by atoms with Gasteiger partial charge in [-0.2, -0.15) is 0 Å². The smallest absolute Gasteiger partial charge is 0.305 e. The lowest BCUT2D eigenvalue weighted by atomic mass is 9.99. The minimum Gasteiger partial charge on any atom is -0.466 e. The standard InChI is InChI=1S/C78H141NO10/c1-3-5-7-9-11-13-15-17-37-41-44-48-52-56-60-64-71(81)70(69-88-78-77(86)76(85)75(84)72(68-80)89-78)79-73(82)65-61-57-53-49-45-42-38-35-33-31-29-27-25-23-21-19-18-20-22-24-26-28-30-32-34-36-39-43-47-51-55-59-63-67-87-74(83)66-62-58-54-50-46-40-16-14-12-10-8-6-4-2/h8,10,14,16,22,24,28,30,44,48,60,64,70-72,75-78,80-81,84-86H,3-7,9,11-13,15,17-21,23,25-27,29,31-43,45-47,49-59,61-63,65-69H2,1-2H3,(H,79,82)/b10-8-,16-14-,24-22-,30-28-,48-44+,64-60+. The number of hydrogen-bond acceptors (Lipinski definition) is 10. The highest BCUT2D eigenvalue weighted by Gasteiger charge is 2.44. The van der Waals surface area contributed by atoms with E-state index in [2.05, 4.69) is 79.9 Å². The van der Waals surface area contributed by atoms with Crippen molar-refractivity contribution in [2.45, 2.75) is 391 Å². The minimum absolute atomic E-state index is 0.00902. The molecule has 0 aromatic rings. The van der Waals surface area contributed by atoms with Crippen LogP contribution in [0.3, 0.4) is 0 Å². The van der Waals surface area contributed by atoms with Crippen molar-refractivity contribution in [3.63, 3.8) is 0 Å². The van der Waals surface area contributed by atoms with Gasteiger partial charge in [0.15, 0.2) is 6.29 Å². The first-order valence-electron chi connectivity index (χ1n) is 37.7. The normalized spacial score (nSPS) is 18.1. The summed E-state index contributed by atoms with van der Waals surface area (Å²) < 4.78 is 16.7. The van der Waals surface area contributed by atoms with Crippen LogP contribution in [-0.2, 0) is 23.8 Å². The van der Waals surface area contributed by atoms with E-state index >= 15 is 0 Å². The number of ether oxygens (including phenoxy) is 3. The number of amides is 1. The largest absolute Gasteiger partial charge is 0.466 e. The van der Waals surface area contributed by atoms with Crippen molar-refractivity contribution in [3.05, 3.63) is 72.9 Å². The number of carbonyl (C=O) groups excluding carboxylic acids is 2. The fourth-order valence-electron chi connectivity index (χ4n) is 11.6. The molecule has 0 radical (unpaired) electrons. The molecule has 11 nitrogen and oxygen atoms in total. The van der Waals surface area contributed by atoms with Crippen molar-refractivity contribution >= 4 is 11.9 Å². The molecule has 1 aliphatic heterocycles. The number of aliphatic hydroxyl groups excluding tert-OH is 5. The molecule has 89 heavy (non-hydrogen) atoms. The van der Waals surface area contributed by atoms with Gasteiger partial charge < -0.3 is 45.1 Å². The molecule has 7 unspecified atom stereocenters. The van der Waals surface area contributed by atoms with Crippen LogP contribution in [0.25, 0.3) is 0 Å². The summed E-state index contributed by atoms with van der Waals surface area (Å²) in [6.07, 6.45) is 80.5. The maximum Gasteiger partial charge on any atom is 0.305 e. The monoisotopic (exact) mass is 1250 g/mol. The summed E-state index contributed by atoms with van der Waals surface area (Å²) in [7, 11) is 0. The Morgan fingerprint density at radius 3 is 1.22 bits per heavy atom. The highest BCUT2D eigenvalue weighted by Crippen LogP contribution is 2.23.